The van der Waals surface area contributed by atoms with Crippen LogP contribution < -0.4 is 4.74 Å². The molecule has 0 saturated carbocycles. The summed E-state index contributed by atoms with van der Waals surface area (Å²) in [7, 11) is 1.59. The van der Waals surface area contributed by atoms with Crippen molar-refractivity contribution < 1.29 is 19.0 Å². The number of hydrogen-bond acceptors (Lipinski definition) is 5. The standard InChI is InChI=1S/C27H22FN3O3/c1-16(13-29)25-20-8-6-17(11-18(20)14-34-23-12-19(28)7-9-21(23)25)27(32)26-22(15-33-2)30-24-5-3-4-10-31(24)26/h3-12,27,32H,14-15H2,1-2H3/b25-16+. The fourth-order valence-corrected chi connectivity index (χ4v) is 4.48. The molecule has 0 saturated heterocycles. The second kappa shape index (κ2) is 8.75. The number of fused-ring (bicyclic) bond motifs is 3. The molecular weight excluding hydrogens is 433 g/mol. The van der Waals surface area contributed by atoms with Crippen LogP contribution in [0.5, 0.6) is 5.75 Å². The highest BCUT2D eigenvalue weighted by Crippen LogP contribution is 2.40. The SMILES string of the molecule is COCc1nc2ccccn2c1C(O)c1ccc2c(c1)COc1cc(F)ccc1/C2=C(\C)C#N. The summed E-state index contributed by atoms with van der Waals surface area (Å²) in [5.74, 6) is -0.0277. The van der Waals surface area contributed by atoms with Crippen molar-refractivity contribution in [2.75, 3.05) is 7.11 Å². The summed E-state index contributed by atoms with van der Waals surface area (Å²) in [6, 6.07) is 17.8. The molecular formula is C27H22FN3O3. The Balaban J connectivity index is 1.64. The second-order valence-corrected chi connectivity index (χ2v) is 8.17. The summed E-state index contributed by atoms with van der Waals surface area (Å²) in [5.41, 5.74) is 6.10. The van der Waals surface area contributed by atoms with Crippen molar-refractivity contribution in [2.45, 2.75) is 26.2 Å². The molecule has 1 unspecified atom stereocenters. The van der Waals surface area contributed by atoms with Crippen LogP contribution in [0.4, 0.5) is 4.39 Å². The Morgan fingerprint density at radius 1 is 1.24 bits per heavy atom. The Hall–Kier alpha value is -3.99. The van der Waals surface area contributed by atoms with Crippen molar-refractivity contribution in [1.29, 1.82) is 5.26 Å². The number of aliphatic hydroxyl groups excluding tert-OH is 1. The number of hydrogen-bond donors (Lipinski definition) is 1. The van der Waals surface area contributed by atoms with Crippen LogP contribution in [-0.2, 0) is 18.0 Å². The van der Waals surface area contributed by atoms with Crippen molar-refractivity contribution in [3.8, 4) is 11.8 Å². The minimum Gasteiger partial charge on any atom is -0.488 e. The van der Waals surface area contributed by atoms with Crippen molar-refractivity contribution in [3.05, 3.63) is 106 Å². The number of imidazole rings is 1. The number of benzene rings is 2. The third-order valence-corrected chi connectivity index (χ3v) is 6.04. The first-order valence-electron chi connectivity index (χ1n) is 10.8. The van der Waals surface area contributed by atoms with E-state index in [2.05, 4.69) is 11.1 Å². The Kier molecular flexibility index (Phi) is 5.62. The van der Waals surface area contributed by atoms with Gasteiger partial charge in [-0.25, -0.2) is 9.37 Å². The van der Waals surface area contributed by atoms with Crippen LogP contribution in [0.3, 0.4) is 0 Å². The van der Waals surface area contributed by atoms with Crippen LogP contribution in [0.15, 0.2) is 66.4 Å². The third kappa shape index (κ3) is 3.63. The van der Waals surface area contributed by atoms with Crippen LogP contribution in [0, 0.1) is 17.1 Å². The molecule has 1 atom stereocenters. The number of rotatable bonds is 4. The molecule has 3 heterocycles. The highest BCUT2D eigenvalue weighted by atomic mass is 19.1. The Bertz CT molecular complexity index is 1480. The molecule has 1 aliphatic rings. The van der Waals surface area contributed by atoms with Gasteiger partial charge in [0, 0.05) is 36.1 Å². The number of ether oxygens (including phenoxy) is 2. The summed E-state index contributed by atoms with van der Waals surface area (Å²) >= 11 is 0. The van der Waals surface area contributed by atoms with Gasteiger partial charge in [-0.05, 0) is 53.9 Å². The summed E-state index contributed by atoms with van der Waals surface area (Å²) < 4.78 is 27.0. The maximum absolute atomic E-state index is 13.9. The molecule has 2 aromatic carbocycles. The molecule has 0 amide bonds. The third-order valence-electron chi connectivity index (χ3n) is 6.04. The van der Waals surface area contributed by atoms with E-state index in [1.165, 1.54) is 12.1 Å². The summed E-state index contributed by atoms with van der Waals surface area (Å²) in [6.07, 6.45) is 0.884. The molecule has 0 radical (unpaired) electrons. The second-order valence-electron chi connectivity index (χ2n) is 8.17. The lowest BCUT2D eigenvalue weighted by Gasteiger charge is -2.17. The van der Waals surface area contributed by atoms with E-state index in [-0.39, 0.29) is 13.2 Å². The summed E-state index contributed by atoms with van der Waals surface area (Å²) in [4.78, 5) is 4.61. The predicted octanol–water partition coefficient (Wildman–Crippen LogP) is 4.94. The number of nitrogens with zero attached hydrogens (tertiary/aromatic N) is 3. The molecule has 1 aliphatic heterocycles. The van der Waals surface area contributed by atoms with Gasteiger partial charge in [-0.2, -0.15) is 5.26 Å². The van der Waals surface area contributed by atoms with E-state index in [0.717, 1.165) is 11.1 Å². The van der Waals surface area contributed by atoms with Crippen molar-refractivity contribution in [2.24, 2.45) is 0 Å². The van der Waals surface area contributed by atoms with Gasteiger partial charge < -0.3 is 19.0 Å². The lowest BCUT2D eigenvalue weighted by atomic mass is 9.89. The molecule has 170 valence electrons. The van der Waals surface area contributed by atoms with E-state index in [1.54, 1.807) is 20.1 Å². The Labute approximate surface area is 196 Å². The number of allylic oxidation sites excluding steroid dienone is 1. The minimum atomic E-state index is -0.972. The molecule has 5 rings (SSSR count). The monoisotopic (exact) mass is 455 g/mol. The normalized spacial score (nSPS) is 15.0. The molecule has 0 spiro atoms. The topological polar surface area (TPSA) is 79.8 Å². The number of nitriles is 1. The lowest BCUT2D eigenvalue weighted by molar-refractivity contribution is 0.172. The minimum absolute atomic E-state index is 0.173. The van der Waals surface area contributed by atoms with Crippen molar-refractivity contribution in [3.63, 3.8) is 0 Å². The van der Waals surface area contributed by atoms with Crippen LogP contribution >= 0.6 is 0 Å². The fourth-order valence-electron chi connectivity index (χ4n) is 4.48. The first-order valence-corrected chi connectivity index (χ1v) is 10.8. The maximum Gasteiger partial charge on any atom is 0.137 e. The highest BCUT2D eigenvalue weighted by Gasteiger charge is 2.25. The first-order chi connectivity index (χ1) is 16.5. The molecule has 0 aliphatic carbocycles. The van der Waals surface area contributed by atoms with E-state index < -0.39 is 11.9 Å². The van der Waals surface area contributed by atoms with Crippen LogP contribution in [0.2, 0.25) is 0 Å². The van der Waals surface area contributed by atoms with Gasteiger partial charge in [-0.15, -0.1) is 0 Å². The number of aliphatic hydroxyl groups is 1. The van der Waals surface area contributed by atoms with Gasteiger partial charge in [0.2, 0.25) is 0 Å². The molecule has 7 heteroatoms. The molecule has 1 N–H and O–H groups in total. The number of pyridine rings is 1. The van der Waals surface area contributed by atoms with Gasteiger partial charge in [0.15, 0.2) is 0 Å². The Morgan fingerprint density at radius 2 is 2.06 bits per heavy atom. The molecule has 4 aromatic rings. The predicted molar refractivity (Wildman–Crippen MR) is 124 cm³/mol. The van der Waals surface area contributed by atoms with E-state index in [9.17, 15) is 14.8 Å². The van der Waals surface area contributed by atoms with Gasteiger partial charge in [0.1, 0.15) is 29.9 Å². The highest BCUT2D eigenvalue weighted by molar-refractivity contribution is 5.88. The van der Waals surface area contributed by atoms with Crippen molar-refractivity contribution in [1.82, 2.24) is 9.38 Å². The molecule has 34 heavy (non-hydrogen) atoms. The quantitative estimate of drug-likeness (QED) is 0.441. The maximum atomic E-state index is 13.9. The zero-order valence-electron chi connectivity index (χ0n) is 18.7. The van der Waals surface area contributed by atoms with Gasteiger partial charge in [-0.3, -0.25) is 0 Å². The molecule has 6 nitrogen and oxygen atoms in total. The van der Waals surface area contributed by atoms with Crippen LogP contribution in [0.1, 0.15) is 46.7 Å². The van der Waals surface area contributed by atoms with Gasteiger partial charge in [-0.1, -0.05) is 18.2 Å². The Morgan fingerprint density at radius 3 is 2.85 bits per heavy atom. The van der Waals surface area contributed by atoms with E-state index >= 15 is 0 Å². The largest absolute Gasteiger partial charge is 0.488 e. The zero-order chi connectivity index (χ0) is 23.8. The number of aromatic nitrogens is 2. The van der Waals surface area contributed by atoms with Gasteiger partial charge >= 0.3 is 0 Å². The summed E-state index contributed by atoms with van der Waals surface area (Å²) in [5, 5.41) is 21.1. The lowest BCUT2D eigenvalue weighted by Crippen LogP contribution is -2.09. The average Bonchev–Trinajstić information content (AvgIpc) is 3.13. The number of methoxy groups -OCH3 is 1. The first kappa shape index (κ1) is 21.8. The fraction of sp³-hybridized carbons (Fsp3) is 0.185. The van der Waals surface area contributed by atoms with E-state index in [0.29, 0.717) is 45.1 Å². The van der Waals surface area contributed by atoms with E-state index in [1.807, 2.05) is 47.0 Å². The summed E-state index contributed by atoms with van der Waals surface area (Å²) in [6.45, 7) is 2.17. The van der Waals surface area contributed by atoms with E-state index in [4.69, 9.17) is 9.47 Å². The molecule has 0 bridgehead atoms. The van der Waals surface area contributed by atoms with Gasteiger partial charge in [0.05, 0.1) is 24.1 Å². The number of halogens is 1. The molecule has 2 aromatic heterocycles. The average molecular weight is 455 g/mol. The van der Waals surface area contributed by atoms with Crippen LogP contribution in [-0.4, -0.2) is 21.6 Å². The van der Waals surface area contributed by atoms with Crippen molar-refractivity contribution >= 4 is 11.2 Å². The van der Waals surface area contributed by atoms with Gasteiger partial charge in [0.25, 0.3) is 0 Å². The molecule has 0 fully saturated rings. The smallest absolute Gasteiger partial charge is 0.137 e. The van der Waals surface area contributed by atoms with Crippen LogP contribution in [0.25, 0.3) is 11.2 Å². The zero-order valence-corrected chi connectivity index (χ0v) is 18.7.